The van der Waals surface area contributed by atoms with E-state index in [1.807, 2.05) is 11.6 Å². The number of hydrogen-bond acceptors (Lipinski definition) is 3. The lowest BCUT2D eigenvalue weighted by molar-refractivity contribution is -0.125. The van der Waals surface area contributed by atoms with Crippen LogP contribution >= 0.6 is 0 Å². The lowest BCUT2D eigenvalue weighted by Crippen LogP contribution is -2.55. The van der Waals surface area contributed by atoms with Crippen LogP contribution in [0.25, 0.3) is 0 Å². The smallest absolute Gasteiger partial charge is 0.222 e. The van der Waals surface area contributed by atoms with E-state index in [9.17, 15) is 4.79 Å². The number of piperidine rings is 1. The molecule has 1 aromatic heterocycles. The zero-order chi connectivity index (χ0) is 14.9. The molecule has 0 radical (unpaired) electrons. The first-order valence-corrected chi connectivity index (χ1v) is 7.51. The lowest BCUT2D eigenvalue weighted by atomic mass is 9.77. The van der Waals surface area contributed by atoms with Crippen molar-refractivity contribution in [2.24, 2.45) is 17.6 Å². The Hall–Kier alpha value is -1.36. The van der Waals surface area contributed by atoms with Crippen molar-refractivity contribution in [1.82, 2.24) is 15.1 Å². The Kier molecular flexibility index (Phi) is 4.48. The molecule has 5 nitrogen and oxygen atoms in total. The summed E-state index contributed by atoms with van der Waals surface area (Å²) in [7, 11) is 0. The summed E-state index contributed by atoms with van der Waals surface area (Å²) in [6.45, 7) is 9.23. The average molecular weight is 278 g/mol. The highest BCUT2D eigenvalue weighted by molar-refractivity contribution is 5.78. The third kappa shape index (κ3) is 3.03. The summed E-state index contributed by atoms with van der Waals surface area (Å²) in [6.07, 6.45) is 1.80. The summed E-state index contributed by atoms with van der Waals surface area (Å²) in [6, 6.07) is 2.63. The highest BCUT2D eigenvalue weighted by Gasteiger charge is 2.37. The van der Waals surface area contributed by atoms with Crippen molar-refractivity contribution < 1.29 is 4.79 Å². The van der Waals surface area contributed by atoms with Crippen LogP contribution in [0, 0.1) is 18.8 Å². The molecule has 3 N–H and O–H groups in total. The zero-order valence-corrected chi connectivity index (χ0v) is 12.9. The van der Waals surface area contributed by atoms with Crippen LogP contribution in [0.2, 0.25) is 0 Å². The van der Waals surface area contributed by atoms with Gasteiger partial charge in [0.1, 0.15) is 0 Å². The van der Waals surface area contributed by atoms with Crippen LogP contribution in [-0.4, -0.2) is 27.8 Å². The summed E-state index contributed by atoms with van der Waals surface area (Å²) in [5.74, 6) is 0.0285. The Morgan fingerprint density at radius 3 is 2.85 bits per heavy atom. The van der Waals surface area contributed by atoms with Crippen LogP contribution in [0.1, 0.15) is 38.6 Å². The van der Waals surface area contributed by atoms with Crippen molar-refractivity contribution in [3.05, 3.63) is 17.5 Å². The number of carbonyl (C=O) groups excluding carboxylic acids is 1. The number of nitrogens with zero attached hydrogens (tertiary/aromatic N) is 2. The maximum atomic E-state index is 11.8. The number of nitrogens with one attached hydrogen (secondary N) is 1. The minimum Gasteiger partial charge on any atom is -0.369 e. The molecule has 2 rings (SSSR count). The highest BCUT2D eigenvalue weighted by Crippen LogP contribution is 2.28. The van der Waals surface area contributed by atoms with Gasteiger partial charge < -0.3 is 11.1 Å². The van der Waals surface area contributed by atoms with Crippen molar-refractivity contribution in [2.75, 3.05) is 0 Å². The first-order valence-electron chi connectivity index (χ1n) is 7.51. The van der Waals surface area contributed by atoms with Crippen LogP contribution in [0.3, 0.4) is 0 Å². The predicted molar refractivity (Wildman–Crippen MR) is 79.2 cm³/mol. The number of aryl methyl sites for hydroxylation is 2. The number of carbonyl (C=O) groups is 1. The molecule has 112 valence electrons. The molecule has 1 aliphatic rings. The minimum absolute atomic E-state index is 0.104. The van der Waals surface area contributed by atoms with Gasteiger partial charge in [-0.1, -0.05) is 6.92 Å². The molecule has 0 aromatic carbocycles. The molecule has 4 unspecified atom stereocenters. The number of primary amides is 1. The standard InChI is InChI=1S/C15H26N4O/c1-5-19-12(7-11(4)18-19)8-13-14(15(16)20)9(2)6-10(3)17-13/h7,9-10,13-14,17H,5-6,8H2,1-4H3,(H2,16,20). The second kappa shape index (κ2) is 5.95. The topological polar surface area (TPSA) is 72.9 Å². The van der Waals surface area contributed by atoms with E-state index in [1.165, 1.54) is 5.69 Å². The Morgan fingerprint density at radius 2 is 2.25 bits per heavy atom. The lowest BCUT2D eigenvalue weighted by Gasteiger charge is -2.39. The third-order valence-electron chi connectivity index (χ3n) is 4.31. The van der Waals surface area contributed by atoms with E-state index in [4.69, 9.17) is 5.73 Å². The van der Waals surface area contributed by atoms with Gasteiger partial charge in [-0.2, -0.15) is 5.10 Å². The van der Waals surface area contributed by atoms with Crippen LogP contribution in [-0.2, 0) is 17.8 Å². The van der Waals surface area contributed by atoms with E-state index < -0.39 is 0 Å². The second-order valence-corrected chi connectivity index (χ2v) is 6.11. The summed E-state index contributed by atoms with van der Waals surface area (Å²) < 4.78 is 2.01. The largest absolute Gasteiger partial charge is 0.369 e. The maximum Gasteiger partial charge on any atom is 0.222 e. The molecular formula is C15H26N4O. The van der Waals surface area contributed by atoms with E-state index >= 15 is 0 Å². The molecule has 1 aromatic rings. The van der Waals surface area contributed by atoms with Crippen LogP contribution in [0.15, 0.2) is 6.07 Å². The fourth-order valence-electron chi connectivity index (χ4n) is 3.57. The quantitative estimate of drug-likeness (QED) is 0.870. The fourth-order valence-corrected chi connectivity index (χ4v) is 3.57. The van der Waals surface area contributed by atoms with E-state index in [0.29, 0.717) is 12.0 Å². The molecule has 2 heterocycles. The Labute approximate surface area is 120 Å². The Morgan fingerprint density at radius 1 is 1.55 bits per heavy atom. The molecule has 4 atom stereocenters. The fraction of sp³-hybridized carbons (Fsp3) is 0.733. The van der Waals surface area contributed by atoms with Gasteiger partial charge in [0, 0.05) is 30.7 Å². The minimum atomic E-state index is -0.193. The first kappa shape index (κ1) is 15.0. The van der Waals surface area contributed by atoms with Gasteiger partial charge in [0.15, 0.2) is 0 Å². The van der Waals surface area contributed by atoms with Crippen LogP contribution < -0.4 is 11.1 Å². The molecule has 5 heteroatoms. The van der Waals surface area contributed by atoms with Crippen molar-refractivity contribution in [1.29, 1.82) is 0 Å². The molecule has 1 fully saturated rings. The molecule has 0 bridgehead atoms. The second-order valence-electron chi connectivity index (χ2n) is 6.11. The van der Waals surface area contributed by atoms with E-state index in [-0.39, 0.29) is 17.9 Å². The van der Waals surface area contributed by atoms with Gasteiger partial charge in [0.05, 0.1) is 11.6 Å². The van der Waals surface area contributed by atoms with E-state index in [2.05, 4.69) is 37.3 Å². The molecule has 1 aliphatic heterocycles. The molecular weight excluding hydrogens is 252 g/mol. The van der Waals surface area contributed by atoms with Gasteiger partial charge >= 0.3 is 0 Å². The van der Waals surface area contributed by atoms with Crippen molar-refractivity contribution in [2.45, 2.75) is 59.2 Å². The number of aromatic nitrogens is 2. The Balaban J connectivity index is 2.21. The highest BCUT2D eigenvalue weighted by atomic mass is 16.1. The number of nitrogens with two attached hydrogens (primary N) is 1. The number of rotatable bonds is 4. The van der Waals surface area contributed by atoms with Crippen molar-refractivity contribution in [3.63, 3.8) is 0 Å². The summed E-state index contributed by atoms with van der Waals surface area (Å²) in [5.41, 5.74) is 7.82. The SMILES string of the molecule is CCn1nc(C)cc1CC1NC(C)CC(C)C1C(N)=O. The summed E-state index contributed by atoms with van der Waals surface area (Å²) in [5, 5.41) is 8.02. The summed E-state index contributed by atoms with van der Waals surface area (Å²) in [4.78, 5) is 11.8. The number of hydrogen-bond donors (Lipinski definition) is 2. The van der Waals surface area contributed by atoms with Gasteiger partial charge in [-0.15, -0.1) is 0 Å². The van der Waals surface area contributed by atoms with Gasteiger partial charge in [-0.05, 0) is 39.2 Å². The molecule has 1 amide bonds. The van der Waals surface area contributed by atoms with E-state index in [0.717, 1.165) is 25.1 Å². The first-order chi connectivity index (χ1) is 9.42. The average Bonchev–Trinajstić information content (AvgIpc) is 2.67. The zero-order valence-electron chi connectivity index (χ0n) is 12.9. The van der Waals surface area contributed by atoms with Gasteiger partial charge in [0.2, 0.25) is 5.91 Å². The van der Waals surface area contributed by atoms with Crippen LogP contribution in [0.5, 0.6) is 0 Å². The predicted octanol–water partition coefficient (Wildman–Crippen LogP) is 1.24. The third-order valence-corrected chi connectivity index (χ3v) is 4.31. The molecule has 0 aliphatic carbocycles. The van der Waals surface area contributed by atoms with Gasteiger partial charge in [0.25, 0.3) is 0 Å². The van der Waals surface area contributed by atoms with Gasteiger partial charge in [-0.25, -0.2) is 0 Å². The molecule has 1 saturated heterocycles. The molecule has 0 saturated carbocycles. The summed E-state index contributed by atoms with van der Waals surface area (Å²) >= 11 is 0. The van der Waals surface area contributed by atoms with Crippen molar-refractivity contribution >= 4 is 5.91 Å². The number of amides is 1. The molecule has 0 spiro atoms. The molecule has 20 heavy (non-hydrogen) atoms. The normalized spacial score (nSPS) is 30.4. The monoisotopic (exact) mass is 278 g/mol. The maximum absolute atomic E-state index is 11.8. The van der Waals surface area contributed by atoms with E-state index in [1.54, 1.807) is 0 Å². The Bertz CT molecular complexity index is 482. The van der Waals surface area contributed by atoms with Crippen molar-refractivity contribution in [3.8, 4) is 0 Å². The van der Waals surface area contributed by atoms with Gasteiger partial charge in [-0.3, -0.25) is 9.48 Å². The van der Waals surface area contributed by atoms with Crippen LogP contribution in [0.4, 0.5) is 0 Å².